The van der Waals surface area contributed by atoms with Crippen LogP contribution < -0.4 is 9.47 Å². The molecule has 0 bridgehead atoms. The maximum atomic E-state index is 12.6. The number of benzene rings is 2. The topological polar surface area (TPSA) is 55.8 Å². The van der Waals surface area contributed by atoms with Crippen LogP contribution in [0.25, 0.3) is 6.08 Å². The summed E-state index contributed by atoms with van der Waals surface area (Å²) in [5, 5.41) is 0. The Morgan fingerprint density at radius 3 is 2.10 bits per heavy atom. The van der Waals surface area contributed by atoms with Crippen molar-refractivity contribution < 1.29 is 19.1 Å². The molecule has 166 valence electrons. The number of ketones is 1. The Hall–Kier alpha value is -3.08. The van der Waals surface area contributed by atoms with E-state index >= 15 is 0 Å². The van der Waals surface area contributed by atoms with Gasteiger partial charge in [0.2, 0.25) is 0 Å². The molecule has 0 spiro atoms. The lowest BCUT2D eigenvalue weighted by atomic mass is 10.1. The van der Waals surface area contributed by atoms with Gasteiger partial charge in [-0.2, -0.15) is 0 Å². The molecule has 0 saturated carbocycles. The van der Waals surface area contributed by atoms with E-state index in [1.54, 1.807) is 44.4 Å². The van der Waals surface area contributed by atoms with E-state index < -0.39 is 0 Å². The van der Waals surface area contributed by atoms with E-state index in [0.29, 0.717) is 30.1 Å². The Kier molecular flexibility index (Phi) is 9.82. The van der Waals surface area contributed by atoms with Gasteiger partial charge in [0.15, 0.2) is 5.78 Å². The Morgan fingerprint density at radius 1 is 0.871 bits per heavy atom. The van der Waals surface area contributed by atoms with Crippen LogP contribution in [0, 0.1) is 0 Å². The van der Waals surface area contributed by atoms with Crippen molar-refractivity contribution >= 4 is 17.8 Å². The summed E-state index contributed by atoms with van der Waals surface area (Å²) in [6.45, 7) is 5.53. The van der Waals surface area contributed by atoms with E-state index in [0.717, 1.165) is 37.0 Å². The molecule has 0 atom stereocenters. The van der Waals surface area contributed by atoms with Crippen molar-refractivity contribution in [3.8, 4) is 11.5 Å². The molecule has 5 nitrogen and oxygen atoms in total. The van der Waals surface area contributed by atoms with Gasteiger partial charge in [0.05, 0.1) is 13.2 Å². The molecule has 0 N–H and O–H groups in total. The first-order chi connectivity index (χ1) is 15.0. The molecule has 0 aromatic heterocycles. The number of allylic oxidation sites excluding steroid dienone is 1. The third kappa shape index (κ3) is 7.59. The Bertz CT molecular complexity index is 885. The molecule has 1 amide bonds. The molecule has 0 fully saturated rings. The second-order valence-electron chi connectivity index (χ2n) is 7.58. The standard InChI is InChI=1S/C26H33NO4/c1-5-7-17-30-23-15-13-21(25(19-23)31-18-8-6-2)14-16-24(28)20-9-11-22(12-10-20)26(29)27(3)4/h9-16,19H,5-8,17-18H2,1-4H3. The lowest BCUT2D eigenvalue weighted by molar-refractivity contribution is 0.0827. The maximum Gasteiger partial charge on any atom is 0.253 e. The van der Waals surface area contributed by atoms with E-state index in [9.17, 15) is 9.59 Å². The summed E-state index contributed by atoms with van der Waals surface area (Å²) in [5.74, 6) is 1.25. The van der Waals surface area contributed by atoms with Crippen LogP contribution in [0.15, 0.2) is 48.5 Å². The van der Waals surface area contributed by atoms with Crippen LogP contribution in [0.3, 0.4) is 0 Å². The SMILES string of the molecule is CCCCOc1ccc(C=CC(=O)c2ccc(C(=O)N(C)C)cc2)c(OCCCC)c1. The minimum Gasteiger partial charge on any atom is -0.493 e. The van der Waals surface area contributed by atoms with Crippen LogP contribution in [0.4, 0.5) is 0 Å². The summed E-state index contributed by atoms with van der Waals surface area (Å²) in [5.41, 5.74) is 1.90. The molecule has 0 unspecified atom stereocenters. The molecule has 31 heavy (non-hydrogen) atoms. The third-order valence-corrected chi connectivity index (χ3v) is 4.74. The molecule has 0 radical (unpaired) electrons. The first kappa shape index (κ1) is 24.2. The van der Waals surface area contributed by atoms with Crippen LogP contribution in [0.1, 0.15) is 65.8 Å². The van der Waals surface area contributed by atoms with Crippen molar-refractivity contribution in [2.75, 3.05) is 27.3 Å². The van der Waals surface area contributed by atoms with Crippen LogP contribution in [0.5, 0.6) is 11.5 Å². The van der Waals surface area contributed by atoms with Crippen molar-refractivity contribution in [2.24, 2.45) is 0 Å². The molecule has 0 aliphatic heterocycles. The van der Waals surface area contributed by atoms with Crippen LogP contribution in [-0.2, 0) is 0 Å². The highest BCUT2D eigenvalue weighted by Crippen LogP contribution is 2.27. The average molecular weight is 424 g/mol. The largest absolute Gasteiger partial charge is 0.493 e. The van der Waals surface area contributed by atoms with Gasteiger partial charge in [0.1, 0.15) is 11.5 Å². The highest BCUT2D eigenvalue weighted by atomic mass is 16.5. The zero-order chi connectivity index (χ0) is 22.6. The van der Waals surface area contributed by atoms with E-state index in [2.05, 4.69) is 13.8 Å². The molecule has 2 rings (SSSR count). The number of amides is 1. The fourth-order valence-corrected chi connectivity index (χ4v) is 2.82. The van der Waals surface area contributed by atoms with Gasteiger partial charge in [0, 0.05) is 36.9 Å². The predicted octanol–water partition coefficient (Wildman–Crippen LogP) is 5.64. The van der Waals surface area contributed by atoms with Crippen molar-refractivity contribution in [3.05, 3.63) is 65.2 Å². The summed E-state index contributed by atoms with van der Waals surface area (Å²) < 4.78 is 11.7. The highest BCUT2D eigenvalue weighted by Gasteiger charge is 2.10. The first-order valence-electron chi connectivity index (χ1n) is 10.9. The Labute approximate surface area is 185 Å². The van der Waals surface area contributed by atoms with Crippen LogP contribution >= 0.6 is 0 Å². The van der Waals surface area contributed by atoms with Crippen molar-refractivity contribution in [2.45, 2.75) is 39.5 Å². The summed E-state index contributed by atoms with van der Waals surface area (Å²) in [6, 6.07) is 12.4. The van der Waals surface area contributed by atoms with Gasteiger partial charge in [-0.15, -0.1) is 0 Å². The molecule has 0 heterocycles. The number of carbonyl (C=O) groups excluding carboxylic acids is 2. The zero-order valence-electron chi connectivity index (χ0n) is 19.0. The molecule has 0 saturated heterocycles. The number of ether oxygens (including phenoxy) is 2. The molecule has 0 aliphatic carbocycles. The van der Waals surface area contributed by atoms with Crippen molar-refractivity contribution in [1.29, 1.82) is 0 Å². The number of carbonyl (C=O) groups is 2. The zero-order valence-corrected chi connectivity index (χ0v) is 19.0. The van der Waals surface area contributed by atoms with E-state index in [1.165, 1.54) is 11.0 Å². The molecule has 5 heteroatoms. The molecular formula is C26H33NO4. The van der Waals surface area contributed by atoms with Gasteiger partial charge < -0.3 is 14.4 Å². The van der Waals surface area contributed by atoms with Gasteiger partial charge in [-0.1, -0.05) is 38.8 Å². The summed E-state index contributed by atoms with van der Waals surface area (Å²) in [6.07, 6.45) is 7.37. The number of hydrogen-bond donors (Lipinski definition) is 0. The normalized spacial score (nSPS) is 10.8. The molecular weight excluding hydrogens is 390 g/mol. The second-order valence-corrected chi connectivity index (χ2v) is 7.58. The smallest absolute Gasteiger partial charge is 0.253 e. The number of unbranched alkanes of at least 4 members (excludes halogenated alkanes) is 2. The van der Waals surface area contributed by atoms with E-state index in [-0.39, 0.29) is 11.7 Å². The number of rotatable bonds is 12. The lowest BCUT2D eigenvalue weighted by Gasteiger charge is -2.12. The van der Waals surface area contributed by atoms with Gasteiger partial charge in [-0.3, -0.25) is 9.59 Å². The first-order valence-corrected chi connectivity index (χ1v) is 10.9. The predicted molar refractivity (Wildman–Crippen MR) is 125 cm³/mol. The van der Waals surface area contributed by atoms with Gasteiger partial charge in [0.25, 0.3) is 5.91 Å². The van der Waals surface area contributed by atoms with Gasteiger partial charge in [-0.25, -0.2) is 0 Å². The minimum atomic E-state index is -0.133. The van der Waals surface area contributed by atoms with E-state index in [1.807, 2.05) is 18.2 Å². The Morgan fingerprint density at radius 2 is 1.48 bits per heavy atom. The highest BCUT2D eigenvalue weighted by molar-refractivity contribution is 6.07. The molecule has 2 aromatic carbocycles. The fourth-order valence-electron chi connectivity index (χ4n) is 2.82. The minimum absolute atomic E-state index is 0.0929. The number of nitrogens with zero attached hydrogens (tertiary/aromatic N) is 1. The average Bonchev–Trinajstić information content (AvgIpc) is 2.78. The molecule has 0 aliphatic rings. The number of hydrogen-bond acceptors (Lipinski definition) is 4. The van der Waals surface area contributed by atoms with Gasteiger partial charge in [-0.05, 0) is 49.3 Å². The summed E-state index contributed by atoms with van der Waals surface area (Å²) in [7, 11) is 3.40. The van der Waals surface area contributed by atoms with Crippen molar-refractivity contribution in [3.63, 3.8) is 0 Å². The molecule has 2 aromatic rings. The quantitative estimate of drug-likeness (QED) is 0.252. The lowest BCUT2D eigenvalue weighted by Crippen LogP contribution is -2.21. The van der Waals surface area contributed by atoms with Crippen LogP contribution in [0.2, 0.25) is 0 Å². The Balaban J connectivity index is 2.14. The van der Waals surface area contributed by atoms with Gasteiger partial charge >= 0.3 is 0 Å². The fraction of sp³-hybridized carbons (Fsp3) is 0.385. The summed E-state index contributed by atoms with van der Waals surface area (Å²) in [4.78, 5) is 26.1. The van der Waals surface area contributed by atoms with Crippen LogP contribution in [-0.4, -0.2) is 43.9 Å². The third-order valence-electron chi connectivity index (χ3n) is 4.74. The van der Waals surface area contributed by atoms with Crippen molar-refractivity contribution in [1.82, 2.24) is 4.90 Å². The monoisotopic (exact) mass is 423 g/mol. The maximum absolute atomic E-state index is 12.6. The van der Waals surface area contributed by atoms with E-state index in [4.69, 9.17) is 9.47 Å². The second kappa shape index (κ2) is 12.6. The summed E-state index contributed by atoms with van der Waals surface area (Å²) >= 11 is 0.